The summed E-state index contributed by atoms with van der Waals surface area (Å²) in [5.41, 5.74) is -0.414. The smallest absolute Gasteiger partial charge is 0.407 e. The molecule has 0 atom stereocenters. The van der Waals surface area contributed by atoms with Crippen LogP contribution in [0.2, 0.25) is 0 Å². The Labute approximate surface area is 124 Å². The van der Waals surface area contributed by atoms with Gasteiger partial charge in [-0.3, -0.25) is 0 Å². The molecule has 0 saturated heterocycles. The maximum absolute atomic E-state index is 11.4. The van der Waals surface area contributed by atoms with Crippen molar-refractivity contribution in [3.63, 3.8) is 0 Å². The van der Waals surface area contributed by atoms with Crippen molar-refractivity contribution in [2.45, 2.75) is 71.3 Å². The maximum Gasteiger partial charge on any atom is 0.407 e. The van der Waals surface area contributed by atoms with E-state index < -0.39 is 5.60 Å². The summed E-state index contributed by atoms with van der Waals surface area (Å²) < 4.78 is 5.17. The summed E-state index contributed by atoms with van der Waals surface area (Å²) in [4.78, 5) is 11.4. The monoisotopic (exact) mass is 284 g/mol. The molecular weight excluding hydrogens is 252 g/mol. The molecule has 20 heavy (non-hydrogen) atoms. The van der Waals surface area contributed by atoms with Gasteiger partial charge in [0.25, 0.3) is 0 Å². The van der Waals surface area contributed by atoms with Crippen LogP contribution in [0.3, 0.4) is 0 Å². The third-order valence-corrected chi connectivity index (χ3v) is 3.64. The standard InChI is InChI=1S/C16H32N2O2/c1-16(2,3)20-15(19)18-13-7-12-17-11-6-10-14-8-4-5-9-14/h14,17H,4-13H2,1-3H3,(H,18,19). The van der Waals surface area contributed by atoms with E-state index in [-0.39, 0.29) is 6.09 Å². The summed E-state index contributed by atoms with van der Waals surface area (Å²) in [7, 11) is 0. The zero-order chi connectivity index (χ0) is 14.8. The lowest BCUT2D eigenvalue weighted by molar-refractivity contribution is 0.0527. The van der Waals surface area contributed by atoms with E-state index in [0.29, 0.717) is 6.54 Å². The van der Waals surface area contributed by atoms with Crippen molar-refractivity contribution in [3.8, 4) is 0 Å². The Morgan fingerprint density at radius 3 is 2.40 bits per heavy atom. The third kappa shape index (κ3) is 9.18. The fraction of sp³-hybridized carbons (Fsp3) is 0.938. The van der Waals surface area contributed by atoms with Crippen molar-refractivity contribution in [1.82, 2.24) is 10.6 Å². The van der Waals surface area contributed by atoms with Crippen molar-refractivity contribution < 1.29 is 9.53 Å². The highest BCUT2D eigenvalue weighted by Crippen LogP contribution is 2.28. The van der Waals surface area contributed by atoms with Gasteiger partial charge in [-0.25, -0.2) is 4.79 Å². The van der Waals surface area contributed by atoms with E-state index in [1.54, 1.807) is 0 Å². The Morgan fingerprint density at radius 1 is 1.10 bits per heavy atom. The maximum atomic E-state index is 11.4. The second kappa shape index (κ2) is 9.22. The lowest BCUT2D eigenvalue weighted by Crippen LogP contribution is -2.34. The molecule has 0 radical (unpaired) electrons. The highest BCUT2D eigenvalue weighted by atomic mass is 16.6. The lowest BCUT2D eigenvalue weighted by Gasteiger charge is -2.19. The molecule has 4 heteroatoms. The third-order valence-electron chi connectivity index (χ3n) is 3.64. The Bertz CT molecular complexity index is 268. The van der Waals surface area contributed by atoms with Gasteiger partial charge in [0.05, 0.1) is 0 Å². The van der Waals surface area contributed by atoms with Gasteiger partial charge >= 0.3 is 6.09 Å². The quantitative estimate of drug-likeness (QED) is 0.671. The molecule has 0 aliphatic heterocycles. The molecule has 1 aliphatic carbocycles. The zero-order valence-corrected chi connectivity index (χ0v) is 13.5. The van der Waals surface area contributed by atoms with Gasteiger partial charge in [0.2, 0.25) is 0 Å². The largest absolute Gasteiger partial charge is 0.444 e. The van der Waals surface area contributed by atoms with Crippen molar-refractivity contribution in [3.05, 3.63) is 0 Å². The minimum Gasteiger partial charge on any atom is -0.444 e. The van der Waals surface area contributed by atoms with Gasteiger partial charge in [0.1, 0.15) is 5.60 Å². The Hall–Kier alpha value is -0.770. The molecule has 0 heterocycles. The molecule has 4 nitrogen and oxygen atoms in total. The molecule has 0 aromatic rings. The van der Waals surface area contributed by atoms with Gasteiger partial charge in [-0.05, 0) is 59.0 Å². The van der Waals surface area contributed by atoms with E-state index in [9.17, 15) is 4.79 Å². The number of alkyl carbamates (subject to hydrolysis) is 1. The first-order valence-corrected chi connectivity index (χ1v) is 8.15. The summed E-state index contributed by atoms with van der Waals surface area (Å²) in [6, 6.07) is 0. The first kappa shape index (κ1) is 17.3. The molecule has 1 rings (SSSR count). The van der Waals surface area contributed by atoms with Gasteiger partial charge < -0.3 is 15.4 Å². The number of nitrogens with one attached hydrogen (secondary N) is 2. The number of carbonyl (C=O) groups excluding carboxylic acids is 1. The summed E-state index contributed by atoms with van der Waals surface area (Å²) >= 11 is 0. The zero-order valence-electron chi connectivity index (χ0n) is 13.5. The van der Waals surface area contributed by atoms with Crippen LogP contribution in [0.4, 0.5) is 4.79 Å². The molecular formula is C16H32N2O2. The molecule has 1 amide bonds. The average Bonchev–Trinajstić information content (AvgIpc) is 2.83. The predicted molar refractivity (Wildman–Crippen MR) is 82.9 cm³/mol. The number of ether oxygens (including phenoxy) is 1. The summed E-state index contributed by atoms with van der Waals surface area (Å²) in [6.07, 6.45) is 9.05. The summed E-state index contributed by atoms with van der Waals surface area (Å²) in [6.45, 7) is 8.35. The van der Waals surface area contributed by atoms with E-state index in [1.165, 1.54) is 38.5 Å². The topological polar surface area (TPSA) is 50.4 Å². The van der Waals surface area contributed by atoms with Crippen molar-refractivity contribution in [2.24, 2.45) is 5.92 Å². The van der Waals surface area contributed by atoms with Crippen LogP contribution in [0.15, 0.2) is 0 Å². The normalized spacial score (nSPS) is 16.4. The molecule has 118 valence electrons. The first-order chi connectivity index (χ1) is 9.47. The van der Waals surface area contributed by atoms with Crippen molar-refractivity contribution >= 4 is 6.09 Å². The highest BCUT2D eigenvalue weighted by Gasteiger charge is 2.15. The molecule has 0 aromatic heterocycles. The molecule has 1 fully saturated rings. The van der Waals surface area contributed by atoms with Gasteiger partial charge in [-0.2, -0.15) is 0 Å². The van der Waals surface area contributed by atoms with Crippen LogP contribution in [0.5, 0.6) is 0 Å². The number of hydrogen-bond acceptors (Lipinski definition) is 3. The second-order valence-electron chi connectivity index (χ2n) is 6.82. The summed E-state index contributed by atoms with van der Waals surface area (Å²) in [5, 5.41) is 6.21. The van der Waals surface area contributed by atoms with E-state index in [0.717, 1.165) is 25.4 Å². The molecule has 1 aliphatic rings. The fourth-order valence-corrected chi connectivity index (χ4v) is 2.66. The van der Waals surface area contributed by atoms with Crippen LogP contribution in [0.1, 0.15) is 65.7 Å². The number of carbonyl (C=O) groups is 1. The number of rotatable bonds is 8. The van der Waals surface area contributed by atoms with E-state index >= 15 is 0 Å². The SMILES string of the molecule is CC(C)(C)OC(=O)NCCCNCCCC1CCCC1. The molecule has 0 spiro atoms. The van der Waals surface area contributed by atoms with Crippen LogP contribution in [-0.2, 0) is 4.74 Å². The number of hydrogen-bond donors (Lipinski definition) is 2. The van der Waals surface area contributed by atoms with Crippen molar-refractivity contribution in [2.75, 3.05) is 19.6 Å². The second-order valence-corrected chi connectivity index (χ2v) is 6.82. The average molecular weight is 284 g/mol. The van der Waals surface area contributed by atoms with Crippen LogP contribution >= 0.6 is 0 Å². The van der Waals surface area contributed by atoms with Crippen LogP contribution in [0, 0.1) is 5.92 Å². The predicted octanol–water partition coefficient (Wildman–Crippen LogP) is 3.46. The van der Waals surface area contributed by atoms with E-state index in [4.69, 9.17) is 4.74 Å². The van der Waals surface area contributed by atoms with Gasteiger partial charge in [-0.15, -0.1) is 0 Å². The minimum atomic E-state index is -0.414. The number of amides is 1. The Morgan fingerprint density at radius 2 is 1.75 bits per heavy atom. The molecule has 2 N–H and O–H groups in total. The lowest BCUT2D eigenvalue weighted by atomic mass is 10.0. The van der Waals surface area contributed by atoms with Gasteiger partial charge in [-0.1, -0.05) is 25.7 Å². The van der Waals surface area contributed by atoms with Gasteiger partial charge in [0.15, 0.2) is 0 Å². The molecule has 0 aromatic carbocycles. The van der Waals surface area contributed by atoms with Crippen LogP contribution in [0.25, 0.3) is 0 Å². The van der Waals surface area contributed by atoms with Crippen molar-refractivity contribution in [1.29, 1.82) is 0 Å². The minimum absolute atomic E-state index is 0.321. The Balaban J connectivity index is 1.83. The molecule has 0 unspecified atom stereocenters. The first-order valence-electron chi connectivity index (χ1n) is 8.15. The fourth-order valence-electron chi connectivity index (χ4n) is 2.66. The molecule has 0 bridgehead atoms. The van der Waals surface area contributed by atoms with E-state index in [1.807, 2.05) is 20.8 Å². The molecule has 1 saturated carbocycles. The van der Waals surface area contributed by atoms with Crippen LogP contribution < -0.4 is 10.6 Å². The Kier molecular flexibility index (Phi) is 7.97. The van der Waals surface area contributed by atoms with Crippen LogP contribution in [-0.4, -0.2) is 31.3 Å². The van der Waals surface area contributed by atoms with E-state index in [2.05, 4.69) is 10.6 Å². The van der Waals surface area contributed by atoms with Gasteiger partial charge in [0, 0.05) is 6.54 Å². The highest BCUT2D eigenvalue weighted by molar-refractivity contribution is 5.67. The summed E-state index contributed by atoms with van der Waals surface area (Å²) in [5.74, 6) is 0.991.